The van der Waals surface area contributed by atoms with E-state index in [1.807, 2.05) is 0 Å². The largest absolute Gasteiger partial charge is 0.481 e. The maximum Gasteiger partial charge on any atom is 0.305 e. The van der Waals surface area contributed by atoms with Crippen LogP contribution in [0.15, 0.2) is 22.8 Å². The van der Waals surface area contributed by atoms with Crippen LogP contribution in [-0.2, 0) is 9.53 Å². The molecule has 0 spiro atoms. The number of aromatic nitrogens is 1. The van der Waals surface area contributed by atoms with E-state index in [2.05, 4.69) is 26.2 Å². The summed E-state index contributed by atoms with van der Waals surface area (Å²) in [5.41, 5.74) is -0.486. The summed E-state index contributed by atoms with van der Waals surface area (Å²) >= 11 is 3.25. The number of hydrogen-bond donors (Lipinski definition) is 2. The summed E-state index contributed by atoms with van der Waals surface area (Å²) in [5, 5.41) is 11.9. The zero-order chi connectivity index (χ0) is 14.6. The first kappa shape index (κ1) is 14.9. The van der Waals surface area contributed by atoms with E-state index in [-0.39, 0.29) is 18.0 Å². The molecule has 1 fully saturated rings. The highest BCUT2D eigenvalue weighted by atomic mass is 79.9. The van der Waals surface area contributed by atoms with Gasteiger partial charge in [0.05, 0.1) is 12.0 Å². The van der Waals surface area contributed by atoms with E-state index in [1.54, 1.807) is 12.1 Å². The summed E-state index contributed by atoms with van der Waals surface area (Å²) in [5.74, 6) is -1.29. The quantitative estimate of drug-likeness (QED) is 0.867. The van der Waals surface area contributed by atoms with Crippen LogP contribution in [0.5, 0.6) is 0 Å². The molecule has 1 aromatic rings. The lowest BCUT2D eigenvalue weighted by Gasteiger charge is -2.36. The van der Waals surface area contributed by atoms with Gasteiger partial charge in [-0.05, 0) is 40.9 Å². The SMILES string of the molecule is O=C(O)CC1(NC(=O)c2ccc(Br)cn2)CCOCC1. The Labute approximate surface area is 124 Å². The molecule has 2 heterocycles. The first-order chi connectivity index (χ1) is 9.51. The molecule has 1 aliphatic heterocycles. The van der Waals surface area contributed by atoms with Crippen molar-refractivity contribution in [3.63, 3.8) is 0 Å². The Bertz CT molecular complexity index is 498. The number of hydrogen-bond acceptors (Lipinski definition) is 4. The number of carbonyl (C=O) groups excluding carboxylic acids is 1. The van der Waals surface area contributed by atoms with Crippen molar-refractivity contribution in [2.75, 3.05) is 13.2 Å². The molecule has 1 amide bonds. The van der Waals surface area contributed by atoms with Crippen molar-refractivity contribution in [1.29, 1.82) is 0 Å². The number of amides is 1. The van der Waals surface area contributed by atoms with Crippen molar-refractivity contribution >= 4 is 27.8 Å². The van der Waals surface area contributed by atoms with Crippen molar-refractivity contribution in [3.8, 4) is 0 Å². The van der Waals surface area contributed by atoms with Gasteiger partial charge in [-0.15, -0.1) is 0 Å². The minimum absolute atomic E-state index is 0.112. The van der Waals surface area contributed by atoms with Crippen LogP contribution in [0.2, 0.25) is 0 Å². The summed E-state index contributed by atoms with van der Waals surface area (Å²) in [6.45, 7) is 0.892. The zero-order valence-corrected chi connectivity index (χ0v) is 12.4. The molecule has 2 rings (SSSR count). The van der Waals surface area contributed by atoms with Crippen LogP contribution < -0.4 is 5.32 Å². The Morgan fingerprint density at radius 1 is 1.40 bits per heavy atom. The number of pyridine rings is 1. The Morgan fingerprint density at radius 3 is 2.65 bits per heavy atom. The molecule has 2 N–H and O–H groups in total. The average Bonchev–Trinajstić information content (AvgIpc) is 2.39. The molecule has 0 bridgehead atoms. The maximum absolute atomic E-state index is 12.2. The van der Waals surface area contributed by atoms with E-state index in [9.17, 15) is 9.59 Å². The van der Waals surface area contributed by atoms with E-state index in [1.165, 1.54) is 6.20 Å². The van der Waals surface area contributed by atoms with Crippen LogP contribution in [0.1, 0.15) is 29.8 Å². The molecule has 1 aromatic heterocycles. The van der Waals surface area contributed by atoms with Crippen molar-refractivity contribution in [2.24, 2.45) is 0 Å². The number of nitrogens with one attached hydrogen (secondary N) is 1. The number of ether oxygens (including phenoxy) is 1. The molecule has 0 aromatic carbocycles. The molecule has 1 saturated heterocycles. The van der Waals surface area contributed by atoms with Gasteiger partial charge in [0.25, 0.3) is 5.91 Å². The molecule has 6 nitrogen and oxygen atoms in total. The first-order valence-electron chi connectivity index (χ1n) is 6.24. The number of carboxylic acids is 1. The number of nitrogens with zero attached hydrogens (tertiary/aromatic N) is 1. The van der Waals surface area contributed by atoms with Gasteiger partial charge in [-0.1, -0.05) is 0 Å². The molecule has 0 atom stereocenters. The Balaban J connectivity index is 2.12. The molecule has 108 valence electrons. The van der Waals surface area contributed by atoms with Gasteiger partial charge >= 0.3 is 5.97 Å². The summed E-state index contributed by atoms with van der Waals surface area (Å²) < 4.78 is 6.02. The highest BCUT2D eigenvalue weighted by molar-refractivity contribution is 9.10. The van der Waals surface area contributed by atoms with Crippen LogP contribution >= 0.6 is 15.9 Å². The number of carboxylic acid groups (broad SMARTS) is 1. The molecule has 0 unspecified atom stereocenters. The summed E-state index contributed by atoms with van der Waals surface area (Å²) in [6.07, 6.45) is 2.39. The van der Waals surface area contributed by atoms with Gasteiger partial charge in [-0.3, -0.25) is 9.59 Å². The smallest absolute Gasteiger partial charge is 0.305 e. The van der Waals surface area contributed by atoms with E-state index in [0.29, 0.717) is 26.1 Å². The lowest BCUT2D eigenvalue weighted by Crippen LogP contribution is -2.53. The van der Waals surface area contributed by atoms with Crippen molar-refractivity contribution < 1.29 is 19.4 Å². The summed E-state index contributed by atoms with van der Waals surface area (Å²) in [7, 11) is 0. The second kappa shape index (κ2) is 6.32. The fourth-order valence-corrected chi connectivity index (χ4v) is 2.45. The van der Waals surface area contributed by atoms with Crippen LogP contribution in [-0.4, -0.2) is 40.7 Å². The van der Waals surface area contributed by atoms with Gasteiger partial charge in [0.1, 0.15) is 5.69 Å². The van der Waals surface area contributed by atoms with Gasteiger partial charge in [0.2, 0.25) is 0 Å². The monoisotopic (exact) mass is 342 g/mol. The first-order valence-corrected chi connectivity index (χ1v) is 7.04. The third-order valence-corrected chi connectivity index (χ3v) is 3.75. The second-order valence-corrected chi connectivity index (χ2v) is 5.69. The maximum atomic E-state index is 12.2. The van der Waals surface area contributed by atoms with Crippen LogP contribution in [0.25, 0.3) is 0 Å². The van der Waals surface area contributed by atoms with E-state index >= 15 is 0 Å². The van der Waals surface area contributed by atoms with E-state index in [0.717, 1.165) is 4.47 Å². The molecule has 1 aliphatic rings. The minimum Gasteiger partial charge on any atom is -0.481 e. The summed E-state index contributed by atoms with van der Waals surface area (Å²) in [6, 6.07) is 3.31. The van der Waals surface area contributed by atoms with Gasteiger partial charge in [0, 0.05) is 23.9 Å². The van der Waals surface area contributed by atoms with Gasteiger partial charge in [0.15, 0.2) is 0 Å². The minimum atomic E-state index is -0.934. The molecular formula is C13H15BrN2O4. The lowest BCUT2D eigenvalue weighted by atomic mass is 9.86. The van der Waals surface area contributed by atoms with Crippen LogP contribution in [0, 0.1) is 0 Å². The van der Waals surface area contributed by atoms with Crippen molar-refractivity contribution in [3.05, 3.63) is 28.5 Å². The molecule has 0 radical (unpaired) electrons. The van der Waals surface area contributed by atoms with E-state index in [4.69, 9.17) is 9.84 Å². The Hall–Kier alpha value is -1.47. The van der Waals surface area contributed by atoms with Gasteiger partial charge < -0.3 is 15.2 Å². The topological polar surface area (TPSA) is 88.5 Å². The molecular weight excluding hydrogens is 328 g/mol. The van der Waals surface area contributed by atoms with Gasteiger partial charge in [-0.25, -0.2) is 4.98 Å². The summed E-state index contributed by atoms with van der Waals surface area (Å²) in [4.78, 5) is 27.2. The molecule has 20 heavy (non-hydrogen) atoms. The third-order valence-electron chi connectivity index (χ3n) is 3.28. The van der Waals surface area contributed by atoms with Gasteiger partial charge in [-0.2, -0.15) is 0 Å². The third kappa shape index (κ3) is 3.77. The normalized spacial score (nSPS) is 17.4. The number of halogens is 1. The van der Waals surface area contributed by atoms with Crippen molar-refractivity contribution in [2.45, 2.75) is 24.8 Å². The molecule has 7 heteroatoms. The predicted molar refractivity (Wildman–Crippen MR) is 74.4 cm³/mol. The number of aliphatic carboxylic acids is 1. The Morgan fingerprint density at radius 2 is 2.10 bits per heavy atom. The molecule has 0 aliphatic carbocycles. The second-order valence-electron chi connectivity index (χ2n) is 4.78. The zero-order valence-electron chi connectivity index (χ0n) is 10.8. The fourth-order valence-electron chi connectivity index (χ4n) is 2.21. The number of rotatable bonds is 4. The lowest BCUT2D eigenvalue weighted by molar-refractivity contribution is -0.139. The van der Waals surface area contributed by atoms with Crippen molar-refractivity contribution in [1.82, 2.24) is 10.3 Å². The standard InChI is InChI=1S/C13H15BrN2O4/c14-9-1-2-10(15-8-9)12(19)16-13(7-11(17)18)3-5-20-6-4-13/h1-2,8H,3-7H2,(H,16,19)(H,17,18). The van der Waals surface area contributed by atoms with E-state index < -0.39 is 11.5 Å². The highest BCUT2D eigenvalue weighted by Gasteiger charge is 2.36. The van der Waals surface area contributed by atoms with Crippen LogP contribution in [0.4, 0.5) is 0 Å². The Kier molecular flexibility index (Phi) is 4.72. The highest BCUT2D eigenvalue weighted by Crippen LogP contribution is 2.25. The molecule has 0 saturated carbocycles. The predicted octanol–water partition coefficient (Wildman–Crippen LogP) is 1.60. The van der Waals surface area contributed by atoms with Crippen LogP contribution in [0.3, 0.4) is 0 Å². The fraction of sp³-hybridized carbons (Fsp3) is 0.462. The number of carbonyl (C=O) groups is 2. The average molecular weight is 343 g/mol.